The molecule has 3 aliphatic rings. The van der Waals surface area contributed by atoms with Crippen LogP contribution in [-0.2, 0) is 6.54 Å². The zero-order chi connectivity index (χ0) is 25.8. The lowest BCUT2D eigenvalue weighted by Gasteiger charge is -2.46. The summed E-state index contributed by atoms with van der Waals surface area (Å²) in [6, 6.07) is 17.1. The molecule has 1 unspecified atom stereocenters. The summed E-state index contributed by atoms with van der Waals surface area (Å²) in [5, 5.41) is 3.51. The summed E-state index contributed by atoms with van der Waals surface area (Å²) in [5.74, 6) is 1.59. The molecule has 0 radical (unpaired) electrons. The highest BCUT2D eigenvalue weighted by atomic mass is 16.5. The van der Waals surface area contributed by atoms with Crippen LogP contribution in [0, 0.1) is 0 Å². The van der Waals surface area contributed by atoms with E-state index < -0.39 is 0 Å². The molecule has 192 valence electrons. The highest BCUT2D eigenvalue weighted by molar-refractivity contribution is 5.86. The summed E-state index contributed by atoms with van der Waals surface area (Å²) in [5.41, 5.74) is 8.32. The van der Waals surface area contributed by atoms with E-state index in [0.29, 0.717) is 18.5 Å². The number of ether oxygens (including phenoxy) is 1. The SMILES string of the molecule is C1=NCc2cc(-c3cn4ccnc4c(Nc4ccc5c(c4)OCC4CN(c6cccnc6)CCN54)n3)ccc21. The third-order valence-corrected chi connectivity index (χ3v) is 7.76. The Kier molecular flexibility index (Phi) is 5.01. The van der Waals surface area contributed by atoms with Gasteiger partial charge in [0.25, 0.3) is 0 Å². The van der Waals surface area contributed by atoms with Crippen LogP contribution in [0.1, 0.15) is 11.1 Å². The fraction of sp³-hybridized carbons (Fsp3) is 0.200. The van der Waals surface area contributed by atoms with E-state index in [2.05, 4.69) is 72.5 Å². The number of imidazole rings is 1. The Labute approximate surface area is 225 Å². The number of nitrogens with zero attached hydrogens (tertiary/aromatic N) is 7. The van der Waals surface area contributed by atoms with Crippen molar-refractivity contribution < 1.29 is 4.74 Å². The van der Waals surface area contributed by atoms with Gasteiger partial charge in [-0.25, -0.2) is 9.97 Å². The third kappa shape index (κ3) is 3.85. The molecule has 9 heteroatoms. The summed E-state index contributed by atoms with van der Waals surface area (Å²) in [7, 11) is 0. The molecule has 1 atom stereocenters. The molecule has 0 amide bonds. The van der Waals surface area contributed by atoms with Gasteiger partial charge in [-0.3, -0.25) is 9.98 Å². The largest absolute Gasteiger partial charge is 0.489 e. The third-order valence-electron chi connectivity index (χ3n) is 7.76. The van der Waals surface area contributed by atoms with Crippen LogP contribution in [0.3, 0.4) is 0 Å². The van der Waals surface area contributed by atoms with Gasteiger partial charge < -0.3 is 24.3 Å². The van der Waals surface area contributed by atoms with E-state index in [1.165, 1.54) is 11.1 Å². The molecule has 0 saturated carbocycles. The summed E-state index contributed by atoms with van der Waals surface area (Å²) >= 11 is 0. The van der Waals surface area contributed by atoms with Gasteiger partial charge in [0.15, 0.2) is 11.5 Å². The first kappa shape index (κ1) is 22.1. The molecule has 1 saturated heterocycles. The Morgan fingerprint density at radius 2 is 2.03 bits per heavy atom. The van der Waals surface area contributed by atoms with Crippen molar-refractivity contribution in [3.63, 3.8) is 0 Å². The van der Waals surface area contributed by atoms with Crippen LogP contribution in [0.4, 0.5) is 22.9 Å². The van der Waals surface area contributed by atoms with Crippen molar-refractivity contribution >= 4 is 34.7 Å². The molecule has 1 fully saturated rings. The number of hydrogen-bond acceptors (Lipinski definition) is 8. The van der Waals surface area contributed by atoms with Crippen molar-refractivity contribution in [2.45, 2.75) is 12.6 Å². The molecule has 9 nitrogen and oxygen atoms in total. The minimum absolute atomic E-state index is 0.297. The number of fused-ring (bicyclic) bond motifs is 5. The summed E-state index contributed by atoms with van der Waals surface area (Å²) in [6.07, 6.45) is 11.4. The summed E-state index contributed by atoms with van der Waals surface area (Å²) < 4.78 is 8.30. The van der Waals surface area contributed by atoms with Crippen LogP contribution < -0.4 is 19.9 Å². The number of piperazine rings is 1. The number of aliphatic imine (C=N–C) groups is 1. The number of pyridine rings is 1. The smallest absolute Gasteiger partial charge is 0.180 e. The Morgan fingerprint density at radius 3 is 2.97 bits per heavy atom. The van der Waals surface area contributed by atoms with E-state index in [1.807, 2.05) is 41.5 Å². The molecule has 0 spiro atoms. The van der Waals surface area contributed by atoms with Crippen molar-refractivity contribution in [3.8, 4) is 17.0 Å². The zero-order valence-corrected chi connectivity index (χ0v) is 21.2. The molecule has 5 aromatic rings. The van der Waals surface area contributed by atoms with Crippen LogP contribution >= 0.6 is 0 Å². The van der Waals surface area contributed by atoms with Crippen LogP contribution in [0.25, 0.3) is 16.9 Å². The number of rotatable bonds is 4. The fourth-order valence-electron chi connectivity index (χ4n) is 5.78. The van der Waals surface area contributed by atoms with Crippen molar-refractivity contribution in [1.29, 1.82) is 0 Å². The van der Waals surface area contributed by atoms with Gasteiger partial charge >= 0.3 is 0 Å². The van der Waals surface area contributed by atoms with Crippen molar-refractivity contribution in [3.05, 3.63) is 90.6 Å². The van der Waals surface area contributed by atoms with Crippen molar-refractivity contribution in [1.82, 2.24) is 19.4 Å². The number of aromatic nitrogens is 4. The van der Waals surface area contributed by atoms with E-state index >= 15 is 0 Å². The molecular weight excluding hydrogens is 488 g/mol. The Balaban J connectivity index is 1.07. The first-order valence-corrected chi connectivity index (χ1v) is 13.2. The predicted molar refractivity (Wildman–Crippen MR) is 153 cm³/mol. The van der Waals surface area contributed by atoms with Gasteiger partial charge in [-0.2, -0.15) is 0 Å². The highest BCUT2D eigenvalue weighted by Gasteiger charge is 2.33. The average molecular weight is 515 g/mol. The zero-order valence-electron chi connectivity index (χ0n) is 21.2. The van der Waals surface area contributed by atoms with Crippen LogP contribution in [0.5, 0.6) is 5.75 Å². The van der Waals surface area contributed by atoms with E-state index in [9.17, 15) is 0 Å². The average Bonchev–Trinajstić information content (AvgIpc) is 3.66. The molecule has 2 aromatic carbocycles. The molecule has 0 bridgehead atoms. The molecule has 8 rings (SSSR count). The van der Waals surface area contributed by atoms with Gasteiger partial charge in [0, 0.05) is 68.0 Å². The quantitative estimate of drug-likeness (QED) is 0.377. The van der Waals surface area contributed by atoms with Crippen LogP contribution in [0.2, 0.25) is 0 Å². The van der Waals surface area contributed by atoms with E-state index in [4.69, 9.17) is 9.72 Å². The fourth-order valence-corrected chi connectivity index (χ4v) is 5.78. The maximum absolute atomic E-state index is 6.29. The van der Waals surface area contributed by atoms with Gasteiger partial charge in [0.1, 0.15) is 12.4 Å². The second-order valence-corrected chi connectivity index (χ2v) is 10.1. The molecule has 39 heavy (non-hydrogen) atoms. The number of anilines is 4. The minimum atomic E-state index is 0.297. The molecule has 3 aliphatic heterocycles. The molecule has 3 aromatic heterocycles. The molecule has 0 aliphatic carbocycles. The minimum Gasteiger partial charge on any atom is -0.489 e. The highest BCUT2D eigenvalue weighted by Crippen LogP contribution is 2.38. The Hall–Kier alpha value is -4.92. The number of nitrogens with one attached hydrogen (secondary N) is 1. The first-order chi connectivity index (χ1) is 19.3. The maximum atomic E-state index is 6.29. The van der Waals surface area contributed by atoms with Crippen LogP contribution in [-0.4, -0.2) is 57.9 Å². The monoisotopic (exact) mass is 514 g/mol. The van der Waals surface area contributed by atoms with Gasteiger partial charge in [-0.15, -0.1) is 0 Å². The Bertz CT molecular complexity index is 1730. The topological polar surface area (TPSA) is 83.2 Å². The lowest BCUT2D eigenvalue weighted by atomic mass is 10.0. The Morgan fingerprint density at radius 1 is 1.03 bits per heavy atom. The summed E-state index contributed by atoms with van der Waals surface area (Å²) in [4.78, 5) is 23.1. The predicted octanol–water partition coefficient (Wildman–Crippen LogP) is 4.56. The van der Waals surface area contributed by atoms with Crippen LogP contribution in [0.15, 0.2) is 84.5 Å². The standard InChI is InChI=1S/C30H26N8O/c1-2-24(16-31-7-1)36-10-11-38-25(17-36)19-39-28-13-23(5-6-27(28)38)34-29-30-33-8-9-37(30)18-26(35-29)20-3-4-21-14-32-15-22(21)12-20/h1-9,12-14,16,18,25H,10-11,15,17,19H2,(H,34,35). The lowest BCUT2D eigenvalue weighted by Crippen LogP contribution is -2.57. The van der Waals surface area contributed by atoms with Gasteiger partial charge in [-0.1, -0.05) is 12.1 Å². The first-order valence-electron chi connectivity index (χ1n) is 13.2. The maximum Gasteiger partial charge on any atom is 0.180 e. The van der Waals surface area contributed by atoms with Crippen molar-refractivity contribution in [2.75, 3.05) is 41.4 Å². The number of benzene rings is 2. The van der Waals surface area contributed by atoms with E-state index in [0.717, 1.165) is 65.9 Å². The second-order valence-electron chi connectivity index (χ2n) is 10.1. The van der Waals surface area contributed by atoms with E-state index in [-0.39, 0.29) is 0 Å². The van der Waals surface area contributed by atoms with Gasteiger partial charge in [0.05, 0.1) is 35.9 Å². The summed E-state index contributed by atoms with van der Waals surface area (Å²) in [6.45, 7) is 4.16. The van der Waals surface area contributed by atoms with E-state index in [1.54, 1.807) is 6.20 Å². The molecular formula is C30H26N8O. The lowest BCUT2D eigenvalue weighted by molar-refractivity contribution is 0.255. The molecule has 1 N–H and O–H groups in total. The van der Waals surface area contributed by atoms with Gasteiger partial charge in [0.2, 0.25) is 0 Å². The second kappa shape index (κ2) is 8.83. The van der Waals surface area contributed by atoms with Gasteiger partial charge in [-0.05, 0) is 41.5 Å². The molecule has 6 heterocycles. The van der Waals surface area contributed by atoms with Crippen molar-refractivity contribution in [2.24, 2.45) is 4.99 Å². The number of hydrogen-bond donors (Lipinski definition) is 1. The normalized spacial score (nSPS) is 17.5.